The van der Waals surface area contributed by atoms with E-state index in [1.165, 1.54) is 12.8 Å². The molecule has 2 unspecified atom stereocenters. The van der Waals surface area contributed by atoms with Crippen LogP contribution in [0.4, 0.5) is 0 Å². The molecule has 0 aliphatic carbocycles. The number of hydrogen-bond donors (Lipinski definition) is 3. The molecule has 126 valence electrons. The maximum atomic E-state index is 10.0. The molecule has 0 spiro atoms. The van der Waals surface area contributed by atoms with E-state index >= 15 is 0 Å². The number of likely N-dealkylation sites (tertiary alicyclic amines) is 1. The number of para-hydroxylation sites is 1. The van der Waals surface area contributed by atoms with E-state index in [4.69, 9.17) is 10.00 Å². The molecule has 23 heavy (non-hydrogen) atoms. The monoisotopic (exact) mass is 319 g/mol. The molecule has 0 radical (unpaired) electrons. The average Bonchev–Trinajstić information content (AvgIpc) is 3.09. The van der Waals surface area contributed by atoms with Crippen molar-refractivity contribution < 1.29 is 14.9 Å². The lowest BCUT2D eigenvalue weighted by molar-refractivity contribution is 0.0964. The van der Waals surface area contributed by atoms with E-state index in [1.807, 2.05) is 0 Å². The van der Waals surface area contributed by atoms with E-state index in [1.54, 1.807) is 24.3 Å². The minimum Gasteiger partial charge on any atom is -0.489 e. The van der Waals surface area contributed by atoms with Crippen LogP contribution in [0.25, 0.3) is 0 Å². The molecule has 1 aromatic carbocycles. The highest BCUT2D eigenvalue weighted by molar-refractivity contribution is 5.42. The second kappa shape index (κ2) is 9.48. The molecule has 0 bridgehead atoms. The third kappa shape index (κ3) is 5.81. The van der Waals surface area contributed by atoms with Gasteiger partial charge in [0.2, 0.25) is 0 Å². The van der Waals surface area contributed by atoms with Crippen LogP contribution in [0.3, 0.4) is 0 Å². The largest absolute Gasteiger partial charge is 0.489 e. The molecule has 2 atom stereocenters. The Kier molecular flexibility index (Phi) is 7.30. The Morgan fingerprint density at radius 3 is 2.74 bits per heavy atom. The van der Waals surface area contributed by atoms with Gasteiger partial charge in [-0.25, -0.2) is 0 Å². The molecule has 6 nitrogen and oxygen atoms in total. The number of nitrogens with one attached hydrogen (secondary N) is 1. The Labute approximate surface area is 137 Å². The van der Waals surface area contributed by atoms with Crippen LogP contribution in [0.5, 0.6) is 5.75 Å². The van der Waals surface area contributed by atoms with E-state index < -0.39 is 6.10 Å². The molecule has 0 aromatic heterocycles. The molecule has 3 N–H and O–H groups in total. The molecule has 1 aromatic rings. The Bertz CT molecular complexity index is 512. The summed E-state index contributed by atoms with van der Waals surface area (Å²) in [5.41, 5.74) is 0.454. The standard InChI is InChI=1S/C17H25N3O3/c18-9-14-5-1-2-6-17(14)23-13-16(22)10-19-15(12-21)11-20-7-3-4-8-20/h1-2,5-6,15-16,19,21-22H,3-4,7-8,10-13H2. The summed E-state index contributed by atoms with van der Waals surface area (Å²) >= 11 is 0. The number of nitrogens with zero attached hydrogens (tertiary/aromatic N) is 2. The van der Waals surface area contributed by atoms with Crippen LogP contribution >= 0.6 is 0 Å². The minimum absolute atomic E-state index is 0.0430. The molecule has 1 fully saturated rings. The highest BCUT2D eigenvalue weighted by Crippen LogP contribution is 2.16. The molecule has 6 heteroatoms. The molecule has 0 amide bonds. The summed E-state index contributed by atoms with van der Waals surface area (Å²) in [5, 5.41) is 31.6. The number of rotatable bonds is 9. The number of ether oxygens (including phenoxy) is 1. The molecular weight excluding hydrogens is 294 g/mol. The summed E-state index contributed by atoms with van der Waals surface area (Å²) in [6.07, 6.45) is 1.73. The summed E-state index contributed by atoms with van der Waals surface area (Å²) in [7, 11) is 0. The van der Waals surface area contributed by atoms with Gasteiger partial charge in [-0.3, -0.25) is 0 Å². The highest BCUT2D eigenvalue weighted by atomic mass is 16.5. The van der Waals surface area contributed by atoms with Crippen LogP contribution in [0.2, 0.25) is 0 Å². The predicted octanol–water partition coefficient (Wildman–Crippen LogP) is 0.344. The first-order valence-corrected chi connectivity index (χ1v) is 8.09. The summed E-state index contributed by atoms with van der Waals surface area (Å²) in [4.78, 5) is 2.32. The van der Waals surface area contributed by atoms with E-state index in [2.05, 4.69) is 16.3 Å². The van der Waals surface area contributed by atoms with Crippen molar-refractivity contribution in [2.75, 3.05) is 39.4 Å². The fourth-order valence-electron chi connectivity index (χ4n) is 2.70. The molecule has 1 aliphatic rings. The van der Waals surface area contributed by atoms with Gasteiger partial charge in [0.1, 0.15) is 24.5 Å². The van der Waals surface area contributed by atoms with Gasteiger partial charge in [-0.1, -0.05) is 12.1 Å². The highest BCUT2D eigenvalue weighted by Gasteiger charge is 2.17. The molecule has 1 heterocycles. The van der Waals surface area contributed by atoms with Gasteiger partial charge >= 0.3 is 0 Å². The molecule has 1 saturated heterocycles. The Hall–Kier alpha value is -1.65. The normalized spacial score (nSPS) is 17.6. The van der Waals surface area contributed by atoms with E-state index in [9.17, 15) is 10.2 Å². The van der Waals surface area contributed by atoms with Gasteiger partial charge in [0.15, 0.2) is 0 Å². The summed E-state index contributed by atoms with van der Waals surface area (Å²) in [6.45, 7) is 3.44. The van der Waals surface area contributed by atoms with Gasteiger partial charge < -0.3 is 25.2 Å². The zero-order valence-electron chi connectivity index (χ0n) is 13.3. The van der Waals surface area contributed by atoms with Gasteiger partial charge in [0.05, 0.1) is 12.2 Å². The van der Waals surface area contributed by atoms with Gasteiger partial charge in [-0.15, -0.1) is 0 Å². The molecule has 0 saturated carbocycles. The first kappa shape index (κ1) is 17.7. The Morgan fingerprint density at radius 1 is 1.30 bits per heavy atom. The third-order valence-corrected chi connectivity index (χ3v) is 3.98. The van der Waals surface area contributed by atoms with Crippen molar-refractivity contribution >= 4 is 0 Å². The van der Waals surface area contributed by atoms with Crippen molar-refractivity contribution in [3.8, 4) is 11.8 Å². The summed E-state index contributed by atoms with van der Waals surface area (Å²) < 4.78 is 5.50. The van der Waals surface area contributed by atoms with Crippen LogP contribution in [-0.2, 0) is 0 Å². The predicted molar refractivity (Wildman–Crippen MR) is 87.2 cm³/mol. The lowest BCUT2D eigenvalue weighted by atomic mass is 10.2. The maximum absolute atomic E-state index is 10.0. The van der Waals surface area contributed by atoms with Gasteiger partial charge in [-0.05, 0) is 38.1 Å². The van der Waals surface area contributed by atoms with Gasteiger partial charge in [0.25, 0.3) is 0 Å². The minimum atomic E-state index is -0.700. The van der Waals surface area contributed by atoms with E-state index in [-0.39, 0.29) is 19.3 Å². The lowest BCUT2D eigenvalue weighted by Gasteiger charge is -2.24. The zero-order valence-corrected chi connectivity index (χ0v) is 13.3. The number of aliphatic hydroxyl groups excluding tert-OH is 2. The SMILES string of the molecule is N#Cc1ccccc1OCC(O)CNC(CO)CN1CCCC1. The number of benzene rings is 1. The fourth-order valence-corrected chi connectivity index (χ4v) is 2.70. The number of aliphatic hydroxyl groups is 2. The maximum Gasteiger partial charge on any atom is 0.137 e. The smallest absolute Gasteiger partial charge is 0.137 e. The van der Waals surface area contributed by atoms with Crippen LogP contribution in [0, 0.1) is 11.3 Å². The van der Waals surface area contributed by atoms with Crippen molar-refractivity contribution in [2.24, 2.45) is 0 Å². The summed E-state index contributed by atoms with van der Waals surface area (Å²) in [6, 6.07) is 8.96. The Morgan fingerprint density at radius 2 is 2.04 bits per heavy atom. The van der Waals surface area contributed by atoms with Crippen LogP contribution in [-0.4, -0.2) is 66.7 Å². The van der Waals surface area contributed by atoms with Gasteiger partial charge in [0, 0.05) is 19.1 Å². The van der Waals surface area contributed by atoms with E-state index in [0.717, 1.165) is 19.6 Å². The second-order valence-corrected chi connectivity index (χ2v) is 5.87. The van der Waals surface area contributed by atoms with Crippen molar-refractivity contribution in [3.63, 3.8) is 0 Å². The quantitative estimate of drug-likeness (QED) is 0.608. The fraction of sp³-hybridized carbons (Fsp3) is 0.588. The summed E-state index contributed by atoms with van der Waals surface area (Å²) in [5.74, 6) is 0.477. The van der Waals surface area contributed by atoms with Crippen molar-refractivity contribution in [2.45, 2.75) is 25.0 Å². The molecule has 1 aliphatic heterocycles. The first-order valence-electron chi connectivity index (χ1n) is 8.09. The van der Waals surface area contributed by atoms with Crippen LogP contribution in [0.15, 0.2) is 24.3 Å². The van der Waals surface area contributed by atoms with Crippen molar-refractivity contribution in [3.05, 3.63) is 29.8 Å². The average molecular weight is 319 g/mol. The van der Waals surface area contributed by atoms with Crippen molar-refractivity contribution in [1.82, 2.24) is 10.2 Å². The second-order valence-electron chi connectivity index (χ2n) is 5.87. The number of nitriles is 1. The zero-order chi connectivity index (χ0) is 16.5. The molecular formula is C17H25N3O3. The lowest BCUT2D eigenvalue weighted by Crippen LogP contribution is -2.46. The van der Waals surface area contributed by atoms with Crippen molar-refractivity contribution in [1.29, 1.82) is 5.26 Å². The van der Waals surface area contributed by atoms with Crippen LogP contribution in [0.1, 0.15) is 18.4 Å². The van der Waals surface area contributed by atoms with Gasteiger partial charge in [-0.2, -0.15) is 5.26 Å². The Balaban J connectivity index is 1.71. The topological polar surface area (TPSA) is 88.8 Å². The van der Waals surface area contributed by atoms with Crippen LogP contribution < -0.4 is 10.1 Å². The molecule has 2 rings (SSSR count). The first-order chi connectivity index (χ1) is 11.2. The third-order valence-electron chi connectivity index (χ3n) is 3.98. The number of hydrogen-bond acceptors (Lipinski definition) is 6. The van der Waals surface area contributed by atoms with E-state index in [0.29, 0.717) is 17.9 Å².